The van der Waals surface area contributed by atoms with Gasteiger partial charge in [-0.25, -0.2) is 9.50 Å². The number of rotatable bonds is 4. The van der Waals surface area contributed by atoms with Gasteiger partial charge in [-0.15, -0.1) is 0 Å². The lowest BCUT2D eigenvalue weighted by Crippen LogP contribution is -2.57. The van der Waals surface area contributed by atoms with Gasteiger partial charge in [-0.3, -0.25) is 4.79 Å². The maximum Gasteiger partial charge on any atom is 0.273 e. The second kappa shape index (κ2) is 7.55. The maximum absolute atomic E-state index is 12.8. The lowest BCUT2D eigenvalue weighted by atomic mass is 10.1. The van der Waals surface area contributed by atoms with Crippen molar-refractivity contribution in [2.75, 3.05) is 20.1 Å². The van der Waals surface area contributed by atoms with Crippen LogP contribution in [0.3, 0.4) is 0 Å². The number of halogens is 1. The van der Waals surface area contributed by atoms with Crippen molar-refractivity contribution in [3.05, 3.63) is 77.4 Å². The molecule has 0 unspecified atom stereocenters. The molecule has 5 rings (SSSR count). The zero-order valence-corrected chi connectivity index (χ0v) is 17.2. The van der Waals surface area contributed by atoms with Crippen LogP contribution in [-0.2, 0) is 0 Å². The van der Waals surface area contributed by atoms with Crippen LogP contribution in [0.15, 0.2) is 66.7 Å². The highest BCUT2D eigenvalue weighted by atomic mass is 35.5. The lowest BCUT2D eigenvalue weighted by molar-refractivity contribution is 0.0852. The molecule has 0 saturated carbocycles. The van der Waals surface area contributed by atoms with Gasteiger partial charge in [0.15, 0.2) is 11.3 Å². The molecule has 7 heteroatoms. The molecule has 3 heterocycles. The summed E-state index contributed by atoms with van der Waals surface area (Å²) in [7, 11) is 2.02. The third kappa shape index (κ3) is 3.34. The van der Waals surface area contributed by atoms with Crippen molar-refractivity contribution in [2.24, 2.45) is 0 Å². The normalized spacial score (nSPS) is 14.6. The molecule has 0 atom stereocenters. The van der Waals surface area contributed by atoms with E-state index in [0.717, 1.165) is 35.6 Å². The van der Waals surface area contributed by atoms with E-state index in [1.54, 1.807) is 4.52 Å². The fourth-order valence-electron chi connectivity index (χ4n) is 3.75. The first-order chi connectivity index (χ1) is 14.6. The first-order valence-electron chi connectivity index (χ1n) is 9.79. The molecule has 0 radical (unpaired) electrons. The molecule has 150 valence electrons. The Morgan fingerprint density at radius 3 is 2.30 bits per heavy atom. The van der Waals surface area contributed by atoms with Crippen LogP contribution in [0.1, 0.15) is 10.5 Å². The summed E-state index contributed by atoms with van der Waals surface area (Å²) in [4.78, 5) is 19.7. The third-order valence-electron chi connectivity index (χ3n) is 5.29. The van der Waals surface area contributed by atoms with E-state index < -0.39 is 0 Å². The number of hydrogen-bond donors (Lipinski definition) is 1. The number of nitrogens with zero attached hydrogens (tertiary/aromatic N) is 4. The second-order valence-corrected chi connectivity index (χ2v) is 7.93. The Hall–Kier alpha value is -3.22. The molecule has 0 spiro atoms. The largest absolute Gasteiger partial charge is 0.345 e. The fraction of sp³-hybridized carbons (Fsp3) is 0.174. The van der Waals surface area contributed by atoms with Gasteiger partial charge >= 0.3 is 0 Å². The molecular weight excluding hydrogens is 398 g/mol. The molecule has 1 N–H and O–H groups in total. The number of amides is 1. The van der Waals surface area contributed by atoms with Gasteiger partial charge in [0.25, 0.3) is 5.91 Å². The van der Waals surface area contributed by atoms with Crippen molar-refractivity contribution in [2.45, 2.75) is 6.04 Å². The summed E-state index contributed by atoms with van der Waals surface area (Å²) in [6.45, 7) is 1.64. The van der Waals surface area contributed by atoms with Crippen LogP contribution in [0, 0.1) is 0 Å². The molecule has 30 heavy (non-hydrogen) atoms. The minimum Gasteiger partial charge on any atom is -0.345 e. The quantitative estimate of drug-likeness (QED) is 0.549. The van der Waals surface area contributed by atoms with E-state index >= 15 is 0 Å². The Morgan fingerprint density at radius 1 is 1.03 bits per heavy atom. The molecule has 1 aliphatic heterocycles. The predicted octanol–water partition coefficient (Wildman–Crippen LogP) is 3.76. The molecule has 0 bridgehead atoms. The minimum absolute atomic E-state index is 0.116. The van der Waals surface area contributed by atoms with Gasteiger partial charge in [-0.2, -0.15) is 5.10 Å². The van der Waals surface area contributed by atoms with Crippen LogP contribution in [0.4, 0.5) is 0 Å². The number of carbonyl (C=O) groups is 1. The van der Waals surface area contributed by atoms with E-state index in [0.29, 0.717) is 5.65 Å². The zero-order chi connectivity index (χ0) is 20.7. The molecule has 1 amide bonds. The average Bonchev–Trinajstić information content (AvgIpc) is 3.10. The predicted molar refractivity (Wildman–Crippen MR) is 118 cm³/mol. The highest BCUT2D eigenvalue weighted by molar-refractivity contribution is 6.36. The van der Waals surface area contributed by atoms with Crippen molar-refractivity contribution in [3.63, 3.8) is 0 Å². The van der Waals surface area contributed by atoms with Crippen molar-refractivity contribution >= 4 is 23.2 Å². The lowest BCUT2D eigenvalue weighted by Gasteiger charge is -2.36. The van der Waals surface area contributed by atoms with Gasteiger partial charge in [-0.1, -0.05) is 72.3 Å². The Kier molecular flexibility index (Phi) is 4.73. The molecule has 0 aliphatic carbocycles. The molecule has 2 aromatic heterocycles. The van der Waals surface area contributed by atoms with E-state index in [4.69, 9.17) is 16.6 Å². The maximum atomic E-state index is 12.8. The number of fused-ring (bicyclic) bond motifs is 1. The summed E-state index contributed by atoms with van der Waals surface area (Å²) in [5, 5.41) is 7.81. The average molecular weight is 418 g/mol. The first kappa shape index (κ1) is 18.8. The second-order valence-electron chi connectivity index (χ2n) is 7.55. The van der Waals surface area contributed by atoms with Crippen molar-refractivity contribution in [1.82, 2.24) is 24.8 Å². The molecular formula is C23H20ClN5O. The summed E-state index contributed by atoms with van der Waals surface area (Å²) in [6, 6.07) is 21.9. The van der Waals surface area contributed by atoms with E-state index in [1.165, 1.54) is 0 Å². The van der Waals surface area contributed by atoms with E-state index in [-0.39, 0.29) is 22.7 Å². The van der Waals surface area contributed by atoms with Crippen LogP contribution >= 0.6 is 11.6 Å². The zero-order valence-electron chi connectivity index (χ0n) is 16.4. The van der Waals surface area contributed by atoms with Crippen molar-refractivity contribution in [3.8, 4) is 22.5 Å². The highest BCUT2D eigenvalue weighted by Crippen LogP contribution is 2.30. The minimum atomic E-state index is -0.274. The topological polar surface area (TPSA) is 62.5 Å². The number of hydrogen-bond acceptors (Lipinski definition) is 4. The molecule has 1 fully saturated rings. The van der Waals surface area contributed by atoms with Gasteiger partial charge < -0.3 is 10.2 Å². The molecule has 2 aromatic carbocycles. The van der Waals surface area contributed by atoms with Crippen molar-refractivity contribution < 1.29 is 4.79 Å². The van der Waals surface area contributed by atoms with Crippen LogP contribution < -0.4 is 5.32 Å². The van der Waals surface area contributed by atoms with Crippen LogP contribution in [0.25, 0.3) is 28.2 Å². The Bertz CT molecular complexity index is 1220. The first-order valence-corrected chi connectivity index (χ1v) is 10.2. The Morgan fingerprint density at radius 2 is 1.67 bits per heavy atom. The number of likely N-dealkylation sites (tertiary alicyclic amines) is 1. The van der Waals surface area contributed by atoms with Gasteiger partial charge in [-0.05, 0) is 13.1 Å². The number of likely N-dealkylation sites (N-methyl/N-ethyl adjacent to an activating group) is 1. The SMILES string of the molecule is CN1CC(NC(=O)c2nn3c(-c4ccccc4)cc(-c4ccccc4)nc3c2Cl)C1. The molecule has 1 aliphatic rings. The monoisotopic (exact) mass is 417 g/mol. The summed E-state index contributed by atoms with van der Waals surface area (Å²) in [5.74, 6) is -0.274. The molecule has 4 aromatic rings. The third-order valence-corrected chi connectivity index (χ3v) is 5.63. The van der Waals surface area contributed by atoms with Crippen LogP contribution in [0.5, 0.6) is 0 Å². The number of benzene rings is 2. The van der Waals surface area contributed by atoms with E-state index in [2.05, 4.69) is 15.3 Å². The highest BCUT2D eigenvalue weighted by Gasteiger charge is 2.28. The van der Waals surface area contributed by atoms with Crippen LogP contribution in [0.2, 0.25) is 5.02 Å². The smallest absolute Gasteiger partial charge is 0.273 e. The van der Waals surface area contributed by atoms with Gasteiger partial charge in [0.1, 0.15) is 5.02 Å². The number of aromatic nitrogens is 3. The van der Waals surface area contributed by atoms with E-state index in [9.17, 15) is 4.79 Å². The van der Waals surface area contributed by atoms with Crippen LogP contribution in [-0.4, -0.2) is 51.6 Å². The number of nitrogens with one attached hydrogen (secondary N) is 1. The van der Waals surface area contributed by atoms with Gasteiger partial charge in [0.2, 0.25) is 0 Å². The summed E-state index contributed by atoms with van der Waals surface area (Å²) in [6.07, 6.45) is 0. The van der Waals surface area contributed by atoms with Gasteiger partial charge in [0, 0.05) is 24.2 Å². The summed E-state index contributed by atoms with van der Waals surface area (Å²) >= 11 is 6.63. The molecule has 6 nitrogen and oxygen atoms in total. The Labute approximate surface area is 179 Å². The number of carbonyl (C=O) groups excluding carboxylic acids is 1. The standard InChI is InChI=1S/C23H20ClN5O/c1-28-13-17(14-28)25-23(30)21-20(24)22-26-18(15-8-4-2-5-9-15)12-19(29(22)27-21)16-10-6-3-7-11-16/h2-12,17H,13-14H2,1H3,(H,25,30). The summed E-state index contributed by atoms with van der Waals surface area (Å²) in [5.41, 5.74) is 4.20. The fourth-order valence-corrected chi connectivity index (χ4v) is 4.00. The van der Waals surface area contributed by atoms with Gasteiger partial charge in [0.05, 0.1) is 17.4 Å². The Balaban J connectivity index is 1.65. The van der Waals surface area contributed by atoms with E-state index in [1.807, 2.05) is 73.8 Å². The van der Waals surface area contributed by atoms with Crippen molar-refractivity contribution in [1.29, 1.82) is 0 Å². The molecule has 1 saturated heterocycles. The summed E-state index contributed by atoms with van der Waals surface area (Å²) < 4.78 is 1.66.